The van der Waals surface area contributed by atoms with Gasteiger partial charge in [-0.15, -0.1) is 0 Å². The molecule has 0 N–H and O–H groups in total. The van der Waals surface area contributed by atoms with Crippen molar-refractivity contribution in [1.29, 1.82) is 0 Å². The van der Waals surface area contributed by atoms with E-state index in [2.05, 4.69) is 117 Å². The van der Waals surface area contributed by atoms with Crippen LogP contribution in [0.5, 0.6) is 11.5 Å². The molecule has 212 valence electrons. The van der Waals surface area contributed by atoms with Gasteiger partial charge in [0.25, 0.3) is 0 Å². The molecule has 0 atom stereocenters. The number of nitrogens with zero attached hydrogens (tertiary/aromatic N) is 2. The molecule has 0 aliphatic heterocycles. The quantitative estimate of drug-likeness (QED) is 0.210. The van der Waals surface area contributed by atoms with E-state index in [0.29, 0.717) is 11.0 Å². The molecule has 0 radical (unpaired) electrons. The number of hydrogen-bond acceptors (Lipinski definition) is 4. The Bertz CT molecular complexity index is 1790. The Labute approximate surface area is 267 Å². The van der Waals surface area contributed by atoms with Gasteiger partial charge in [-0.25, -0.2) is 0 Å². The maximum atomic E-state index is 11.3. The summed E-state index contributed by atoms with van der Waals surface area (Å²) in [7, 11) is 0. The van der Waals surface area contributed by atoms with Crippen molar-refractivity contribution in [3.05, 3.63) is 163 Å². The first-order chi connectivity index (χ1) is 21.4. The van der Waals surface area contributed by atoms with Gasteiger partial charge in [-0.1, -0.05) is 60.0 Å². The zero-order valence-corrected chi connectivity index (χ0v) is 26.9. The molecule has 0 fully saturated rings. The third kappa shape index (κ3) is 7.07. The van der Waals surface area contributed by atoms with E-state index in [9.17, 15) is 10.2 Å². The van der Waals surface area contributed by atoms with Gasteiger partial charge in [0.1, 0.15) is 0 Å². The Hall–Kier alpha value is -4.73. The molecule has 0 unspecified atom stereocenters. The standard InChI is InChI=1S/C18H15Si.2C10H9NO.Al/c1-4-10-16(11-5-1)19(17-12-6-2-7-13-17)18-14-8-3-9-15-18;2*1-7-5-6-8-3-2-4-9(12)10(8)11-7;/h1-15H;2*2-6,12H,1H3;/q;;;+2/p-2. The van der Waals surface area contributed by atoms with Crippen molar-refractivity contribution in [2.45, 2.75) is 13.8 Å². The Kier molecular flexibility index (Phi) is 9.89. The molecule has 6 heteroatoms. The molecular formula is C38H31AlN2O2Si. The van der Waals surface area contributed by atoms with Crippen molar-refractivity contribution >= 4 is 59.6 Å². The topological polar surface area (TPSA) is 71.9 Å². The Morgan fingerprint density at radius 1 is 0.432 bits per heavy atom. The van der Waals surface area contributed by atoms with E-state index < -0.39 is 6.63 Å². The predicted octanol–water partition coefficient (Wildman–Crippen LogP) is 5.06. The number of para-hydroxylation sites is 2. The van der Waals surface area contributed by atoms with Crippen molar-refractivity contribution in [1.82, 2.24) is 9.97 Å². The second-order valence-electron chi connectivity index (χ2n) is 10.5. The third-order valence-corrected chi connectivity index (χ3v) is 14.1. The fourth-order valence-electron chi connectivity index (χ4n) is 5.04. The van der Waals surface area contributed by atoms with Crippen molar-refractivity contribution < 1.29 is 10.2 Å². The van der Waals surface area contributed by atoms with Gasteiger partial charge in [0, 0.05) is 11.4 Å². The van der Waals surface area contributed by atoms with Gasteiger partial charge in [-0.05, 0) is 36.8 Å². The van der Waals surface area contributed by atoms with Crippen LogP contribution in [0.3, 0.4) is 0 Å². The van der Waals surface area contributed by atoms with E-state index in [-0.39, 0.29) is 11.5 Å². The number of aromatic nitrogens is 2. The fraction of sp³-hybridized carbons (Fsp3) is 0.0526. The molecule has 0 saturated heterocycles. The van der Waals surface area contributed by atoms with Crippen LogP contribution in [-0.2, 0) is 0 Å². The number of pyridine rings is 2. The van der Waals surface area contributed by atoms with Crippen LogP contribution < -0.4 is 25.8 Å². The molecule has 0 spiro atoms. The summed E-state index contributed by atoms with van der Waals surface area (Å²) in [4.78, 5) is 8.33. The first-order valence-electron chi connectivity index (χ1n) is 14.4. The maximum absolute atomic E-state index is 11.3. The van der Waals surface area contributed by atoms with Gasteiger partial charge in [0.05, 0.1) is 11.0 Å². The van der Waals surface area contributed by atoms with Gasteiger partial charge < -0.3 is 10.2 Å². The molecule has 4 nitrogen and oxygen atoms in total. The van der Waals surface area contributed by atoms with Crippen LogP contribution in [0.4, 0.5) is 0 Å². The normalized spacial score (nSPS) is 10.8. The second-order valence-corrected chi connectivity index (χ2v) is 16.4. The number of hydrogen-bond donors (Lipinski definition) is 0. The second kappa shape index (κ2) is 14.2. The fourth-order valence-corrected chi connectivity index (χ4v) is 9.92. The number of rotatable bonds is 3. The van der Waals surface area contributed by atoms with Crippen LogP contribution in [0.1, 0.15) is 11.4 Å². The van der Waals surface area contributed by atoms with Crippen molar-refractivity contribution in [3.63, 3.8) is 0 Å². The van der Waals surface area contributed by atoms with E-state index in [1.165, 1.54) is 27.7 Å². The first-order valence-corrected chi connectivity index (χ1v) is 18.2. The number of aryl methyl sites for hydroxylation is 2. The minimum absolute atomic E-state index is 0.00352. The first kappa shape index (κ1) is 30.7. The zero-order valence-electron chi connectivity index (χ0n) is 24.7. The van der Waals surface area contributed by atoms with Gasteiger partial charge in [0.2, 0.25) is 0 Å². The van der Waals surface area contributed by atoms with Gasteiger partial charge in [-0.2, -0.15) is 0 Å². The predicted molar refractivity (Wildman–Crippen MR) is 182 cm³/mol. The zero-order chi connectivity index (χ0) is 30.9. The number of fused-ring (bicyclic) bond motifs is 2. The molecular weight excluding hydrogens is 571 g/mol. The summed E-state index contributed by atoms with van der Waals surface area (Å²) in [6.45, 7) is 1.80. The van der Waals surface area contributed by atoms with Crippen LogP contribution in [-0.4, -0.2) is 32.2 Å². The Balaban J connectivity index is 0.000000138. The van der Waals surface area contributed by atoms with Gasteiger partial charge >= 0.3 is 129 Å². The number of benzene rings is 5. The average Bonchev–Trinajstić information content (AvgIpc) is 3.07. The minimum atomic E-state index is -1.96. The molecule has 0 bridgehead atoms. The molecule has 7 aromatic rings. The monoisotopic (exact) mass is 602 g/mol. The van der Waals surface area contributed by atoms with Gasteiger partial charge in [-0.3, -0.25) is 9.97 Å². The molecule has 7 rings (SSSR count). The van der Waals surface area contributed by atoms with E-state index in [1.54, 1.807) is 12.1 Å². The Morgan fingerprint density at radius 3 is 1.11 bits per heavy atom. The SMILES string of the molecule is Cc1ccc2cccc([O-])c2n1.Cc1ccc2cccc([O-])c2n1.[Al+2][Si](c1ccccc1)(c1ccccc1)c1ccccc1. The van der Waals surface area contributed by atoms with E-state index in [4.69, 9.17) is 0 Å². The summed E-state index contributed by atoms with van der Waals surface area (Å²) in [5.74, 6) is -0.00704. The van der Waals surface area contributed by atoms with Crippen LogP contribution in [0.2, 0.25) is 0 Å². The third-order valence-electron chi connectivity index (χ3n) is 7.33. The summed E-state index contributed by atoms with van der Waals surface area (Å²) in [6, 6.07) is 50.5. The summed E-state index contributed by atoms with van der Waals surface area (Å²) >= 11 is 3.20. The molecule has 0 saturated carbocycles. The molecule has 0 amide bonds. The van der Waals surface area contributed by atoms with Crippen molar-refractivity contribution in [3.8, 4) is 11.5 Å². The molecule has 2 heterocycles. The van der Waals surface area contributed by atoms with E-state index in [1.807, 2.05) is 50.2 Å². The van der Waals surface area contributed by atoms with Crippen LogP contribution in [0.25, 0.3) is 21.8 Å². The van der Waals surface area contributed by atoms with E-state index in [0.717, 1.165) is 22.2 Å². The Morgan fingerprint density at radius 2 is 0.773 bits per heavy atom. The van der Waals surface area contributed by atoms with Crippen LogP contribution in [0, 0.1) is 13.8 Å². The molecule has 44 heavy (non-hydrogen) atoms. The molecule has 0 aliphatic rings. The summed E-state index contributed by atoms with van der Waals surface area (Å²) in [6.07, 6.45) is 0. The average molecular weight is 603 g/mol. The van der Waals surface area contributed by atoms with Crippen molar-refractivity contribution in [2.24, 2.45) is 0 Å². The van der Waals surface area contributed by atoms with Crippen LogP contribution in [0.15, 0.2) is 152 Å². The summed E-state index contributed by atoms with van der Waals surface area (Å²) < 4.78 is 0. The molecule has 5 aromatic carbocycles. The van der Waals surface area contributed by atoms with Gasteiger partial charge in [0.15, 0.2) is 0 Å². The van der Waals surface area contributed by atoms with Crippen molar-refractivity contribution in [2.75, 3.05) is 0 Å². The summed E-state index contributed by atoms with van der Waals surface area (Å²) in [5.41, 5.74) is 2.90. The summed E-state index contributed by atoms with van der Waals surface area (Å²) in [5, 5.41) is 28.6. The van der Waals surface area contributed by atoms with E-state index >= 15 is 0 Å². The van der Waals surface area contributed by atoms with Crippen LogP contribution >= 0.6 is 0 Å². The molecule has 0 aliphatic carbocycles. The molecule has 2 aromatic heterocycles.